The van der Waals surface area contributed by atoms with E-state index in [4.69, 9.17) is 4.52 Å². The summed E-state index contributed by atoms with van der Waals surface area (Å²) in [6.45, 7) is 0.209. The van der Waals surface area contributed by atoms with Gasteiger partial charge in [0.05, 0.1) is 5.69 Å². The molecule has 3 nitrogen and oxygen atoms in total. The van der Waals surface area contributed by atoms with Crippen molar-refractivity contribution in [3.63, 3.8) is 0 Å². The van der Waals surface area contributed by atoms with Crippen LogP contribution < -0.4 is 0 Å². The average molecular weight is 277 g/mol. The van der Waals surface area contributed by atoms with Crippen LogP contribution in [0.4, 0.5) is 0 Å². The predicted octanol–water partition coefficient (Wildman–Crippen LogP) is 4.30. The molecule has 0 aromatic carbocycles. The summed E-state index contributed by atoms with van der Waals surface area (Å²) in [5.41, 5.74) is 2.44. The minimum Gasteiger partial charge on any atom is -0.396 e. The van der Waals surface area contributed by atoms with Crippen LogP contribution in [0.3, 0.4) is 0 Å². The molecule has 0 bridgehead atoms. The Kier molecular flexibility index (Phi) is 4.77. The van der Waals surface area contributed by atoms with E-state index in [1.54, 1.807) is 0 Å². The van der Waals surface area contributed by atoms with Crippen LogP contribution in [0.15, 0.2) is 4.52 Å². The number of rotatable bonds is 4. The zero-order valence-electron chi connectivity index (χ0n) is 12.4. The van der Waals surface area contributed by atoms with Gasteiger partial charge in [-0.2, -0.15) is 0 Å². The molecule has 0 spiro atoms. The Morgan fingerprint density at radius 1 is 0.900 bits per heavy atom. The SMILES string of the molecule is OCCc1c(C2CCCCC2)noc1C1CCCCC1. The summed E-state index contributed by atoms with van der Waals surface area (Å²) in [5.74, 6) is 2.24. The van der Waals surface area contributed by atoms with Crippen LogP contribution in [-0.4, -0.2) is 16.9 Å². The molecule has 0 atom stereocenters. The molecule has 0 unspecified atom stereocenters. The van der Waals surface area contributed by atoms with Gasteiger partial charge in [-0.15, -0.1) is 0 Å². The van der Waals surface area contributed by atoms with Crippen molar-refractivity contribution in [1.29, 1.82) is 0 Å². The van der Waals surface area contributed by atoms with Crippen LogP contribution >= 0.6 is 0 Å². The first-order valence-corrected chi connectivity index (χ1v) is 8.49. The lowest BCUT2D eigenvalue weighted by atomic mass is 9.81. The largest absolute Gasteiger partial charge is 0.396 e. The second kappa shape index (κ2) is 6.75. The summed E-state index contributed by atoms with van der Waals surface area (Å²) in [7, 11) is 0. The molecule has 0 saturated heterocycles. The summed E-state index contributed by atoms with van der Waals surface area (Å²) in [6.07, 6.45) is 13.6. The molecule has 0 aliphatic heterocycles. The van der Waals surface area contributed by atoms with E-state index < -0.39 is 0 Å². The molecule has 0 radical (unpaired) electrons. The highest BCUT2D eigenvalue weighted by molar-refractivity contribution is 5.29. The lowest BCUT2D eigenvalue weighted by Gasteiger charge is -2.22. The highest BCUT2D eigenvalue weighted by atomic mass is 16.5. The first kappa shape index (κ1) is 14.1. The highest BCUT2D eigenvalue weighted by Crippen LogP contribution is 2.40. The van der Waals surface area contributed by atoms with Gasteiger partial charge in [-0.05, 0) is 25.7 Å². The molecule has 112 valence electrons. The second-order valence-corrected chi connectivity index (χ2v) is 6.55. The summed E-state index contributed by atoms with van der Waals surface area (Å²) >= 11 is 0. The molecule has 20 heavy (non-hydrogen) atoms. The zero-order valence-corrected chi connectivity index (χ0v) is 12.4. The van der Waals surface area contributed by atoms with Gasteiger partial charge in [0.25, 0.3) is 0 Å². The molecule has 3 rings (SSSR count). The van der Waals surface area contributed by atoms with Gasteiger partial charge in [-0.25, -0.2) is 0 Å². The Bertz CT molecular complexity index is 379. The van der Waals surface area contributed by atoms with Crippen molar-refractivity contribution in [2.45, 2.75) is 82.5 Å². The average Bonchev–Trinajstić information content (AvgIpc) is 2.93. The third-order valence-corrected chi connectivity index (χ3v) is 5.18. The second-order valence-electron chi connectivity index (χ2n) is 6.55. The molecule has 1 aromatic heterocycles. The summed E-state index contributed by atoms with van der Waals surface area (Å²) in [6, 6.07) is 0. The summed E-state index contributed by atoms with van der Waals surface area (Å²) in [4.78, 5) is 0. The van der Waals surface area contributed by atoms with Gasteiger partial charge in [0, 0.05) is 30.4 Å². The van der Waals surface area contributed by atoms with E-state index in [0.717, 1.165) is 12.2 Å². The predicted molar refractivity (Wildman–Crippen MR) is 78.9 cm³/mol. The van der Waals surface area contributed by atoms with Crippen LogP contribution in [-0.2, 0) is 6.42 Å². The lowest BCUT2D eigenvalue weighted by Crippen LogP contribution is -2.11. The maximum Gasteiger partial charge on any atom is 0.143 e. The molecule has 1 heterocycles. The van der Waals surface area contributed by atoms with Crippen molar-refractivity contribution in [2.75, 3.05) is 6.61 Å². The number of aliphatic hydroxyl groups is 1. The number of aromatic nitrogens is 1. The van der Waals surface area contributed by atoms with E-state index in [2.05, 4.69) is 5.16 Å². The van der Waals surface area contributed by atoms with Crippen LogP contribution in [0.5, 0.6) is 0 Å². The van der Waals surface area contributed by atoms with Crippen LogP contribution in [0.25, 0.3) is 0 Å². The standard InChI is InChI=1S/C17H27NO2/c19-12-11-15-16(13-7-3-1-4-8-13)18-20-17(15)14-9-5-2-6-10-14/h13-14,19H,1-12H2. The van der Waals surface area contributed by atoms with Crippen LogP contribution in [0.2, 0.25) is 0 Å². The molecule has 0 amide bonds. The molecule has 2 saturated carbocycles. The van der Waals surface area contributed by atoms with Gasteiger partial charge in [-0.3, -0.25) is 0 Å². The number of aliphatic hydroxyl groups excluding tert-OH is 1. The van der Waals surface area contributed by atoms with E-state index in [0.29, 0.717) is 11.8 Å². The Morgan fingerprint density at radius 3 is 2.10 bits per heavy atom. The third-order valence-electron chi connectivity index (χ3n) is 5.18. The molecule has 2 aliphatic carbocycles. The fraction of sp³-hybridized carbons (Fsp3) is 0.824. The van der Waals surface area contributed by atoms with Crippen molar-refractivity contribution in [1.82, 2.24) is 5.16 Å². The molecule has 1 N–H and O–H groups in total. The smallest absolute Gasteiger partial charge is 0.143 e. The van der Waals surface area contributed by atoms with E-state index >= 15 is 0 Å². The van der Waals surface area contributed by atoms with E-state index in [-0.39, 0.29) is 6.61 Å². The number of hydrogen-bond donors (Lipinski definition) is 1. The van der Waals surface area contributed by atoms with Crippen molar-refractivity contribution in [3.8, 4) is 0 Å². The third kappa shape index (κ3) is 2.93. The van der Waals surface area contributed by atoms with E-state index in [1.807, 2.05) is 0 Å². The fourth-order valence-electron chi connectivity index (χ4n) is 4.08. The molecule has 1 aromatic rings. The Balaban J connectivity index is 1.84. The van der Waals surface area contributed by atoms with Crippen molar-refractivity contribution < 1.29 is 9.63 Å². The van der Waals surface area contributed by atoms with Crippen molar-refractivity contribution >= 4 is 0 Å². The van der Waals surface area contributed by atoms with E-state index in [1.165, 1.54) is 75.5 Å². The van der Waals surface area contributed by atoms with Gasteiger partial charge < -0.3 is 9.63 Å². The summed E-state index contributed by atoms with van der Waals surface area (Å²) in [5, 5.41) is 13.9. The van der Waals surface area contributed by atoms with Gasteiger partial charge in [0.15, 0.2) is 0 Å². The quantitative estimate of drug-likeness (QED) is 0.892. The lowest BCUT2D eigenvalue weighted by molar-refractivity contribution is 0.292. The van der Waals surface area contributed by atoms with E-state index in [9.17, 15) is 5.11 Å². The zero-order chi connectivity index (χ0) is 13.8. The maximum absolute atomic E-state index is 9.41. The monoisotopic (exact) mass is 277 g/mol. The van der Waals surface area contributed by atoms with Crippen molar-refractivity contribution in [2.24, 2.45) is 0 Å². The topological polar surface area (TPSA) is 46.3 Å². The molecular formula is C17H27NO2. The van der Waals surface area contributed by atoms with Gasteiger partial charge in [0.2, 0.25) is 0 Å². The minimum absolute atomic E-state index is 0.209. The normalized spacial score (nSPS) is 22.2. The first-order valence-electron chi connectivity index (χ1n) is 8.49. The number of nitrogens with zero attached hydrogens (tertiary/aromatic N) is 1. The Morgan fingerprint density at radius 2 is 1.50 bits per heavy atom. The molecule has 3 heteroatoms. The maximum atomic E-state index is 9.41. The molecule has 2 fully saturated rings. The van der Waals surface area contributed by atoms with Gasteiger partial charge >= 0.3 is 0 Å². The first-order chi connectivity index (χ1) is 9.90. The van der Waals surface area contributed by atoms with Crippen LogP contribution in [0.1, 0.15) is 93.1 Å². The van der Waals surface area contributed by atoms with Gasteiger partial charge in [0.1, 0.15) is 5.76 Å². The molecular weight excluding hydrogens is 250 g/mol. The van der Waals surface area contributed by atoms with Crippen LogP contribution in [0, 0.1) is 0 Å². The Labute approximate surface area is 121 Å². The minimum atomic E-state index is 0.209. The Hall–Kier alpha value is -0.830. The number of hydrogen-bond acceptors (Lipinski definition) is 3. The fourth-order valence-corrected chi connectivity index (χ4v) is 4.08. The molecule has 2 aliphatic rings. The highest BCUT2D eigenvalue weighted by Gasteiger charge is 2.29. The van der Waals surface area contributed by atoms with Crippen molar-refractivity contribution in [3.05, 3.63) is 17.0 Å². The summed E-state index contributed by atoms with van der Waals surface area (Å²) < 4.78 is 5.78. The van der Waals surface area contributed by atoms with Gasteiger partial charge in [-0.1, -0.05) is 43.7 Å².